The number of hydrogen-bond donors (Lipinski definition) is 1. The Bertz CT molecular complexity index is 1290. The molecule has 0 radical (unpaired) electrons. The number of aromatic nitrogens is 4. The van der Waals surface area contributed by atoms with Crippen molar-refractivity contribution in [2.45, 2.75) is 18.6 Å². The van der Waals surface area contributed by atoms with Crippen LogP contribution in [0.15, 0.2) is 70.9 Å². The van der Waals surface area contributed by atoms with Crippen LogP contribution in [0.25, 0.3) is 11.2 Å². The molecule has 7 nitrogen and oxygen atoms in total. The van der Waals surface area contributed by atoms with Gasteiger partial charge in [0.25, 0.3) is 5.56 Å². The van der Waals surface area contributed by atoms with Crippen molar-refractivity contribution in [3.8, 4) is 0 Å². The number of halogens is 1. The summed E-state index contributed by atoms with van der Waals surface area (Å²) in [5.41, 5.74) is 2.62. The van der Waals surface area contributed by atoms with Crippen LogP contribution in [0.4, 0.5) is 10.1 Å². The molecule has 0 unspecified atom stereocenters. The maximum Gasteiger partial charge on any atom is 0.282 e. The van der Waals surface area contributed by atoms with E-state index in [1.165, 1.54) is 41.2 Å². The van der Waals surface area contributed by atoms with Crippen LogP contribution in [-0.4, -0.2) is 31.2 Å². The summed E-state index contributed by atoms with van der Waals surface area (Å²) >= 11 is 1.13. The molecule has 2 aromatic heterocycles. The van der Waals surface area contributed by atoms with Crippen molar-refractivity contribution in [1.29, 1.82) is 0 Å². The number of fused-ring (bicyclic) bond motifs is 1. The lowest BCUT2D eigenvalue weighted by molar-refractivity contribution is -0.113. The molecule has 2 heterocycles. The monoisotopic (exact) mass is 435 g/mol. The second-order valence-corrected chi connectivity index (χ2v) is 7.79. The quantitative estimate of drug-likeness (QED) is 0.369. The summed E-state index contributed by atoms with van der Waals surface area (Å²) in [4.78, 5) is 38.1. The van der Waals surface area contributed by atoms with Gasteiger partial charge in [-0.3, -0.25) is 14.2 Å². The Labute approximate surface area is 181 Å². The van der Waals surface area contributed by atoms with E-state index in [9.17, 15) is 14.0 Å². The smallest absolute Gasteiger partial charge is 0.282 e. The van der Waals surface area contributed by atoms with Crippen molar-refractivity contribution < 1.29 is 9.18 Å². The minimum Gasteiger partial charge on any atom is -0.325 e. The zero-order valence-electron chi connectivity index (χ0n) is 16.6. The highest BCUT2D eigenvalue weighted by Gasteiger charge is 2.15. The summed E-state index contributed by atoms with van der Waals surface area (Å²) < 4.78 is 14.5. The highest BCUT2D eigenvalue weighted by molar-refractivity contribution is 7.99. The highest BCUT2D eigenvalue weighted by Crippen LogP contribution is 2.18. The molecule has 4 rings (SSSR count). The summed E-state index contributed by atoms with van der Waals surface area (Å²) in [6.07, 6.45) is 2.92. The van der Waals surface area contributed by atoms with Crippen LogP contribution in [0.3, 0.4) is 0 Å². The third-order valence-corrected chi connectivity index (χ3v) is 5.46. The van der Waals surface area contributed by atoms with Gasteiger partial charge in [-0.15, -0.1) is 0 Å². The molecule has 31 heavy (non-hydrogen) atoms. The first kappa shape index (κ1) is 20.7. The number of hydrogen-bond acceptors (Lipinski definition) is 6. The van der Waals surface area contributed by atoms with Gasteiger partial charge in [-0.05, 0) is 36.8 Å². The van der Waals surface area contributed by atoms with Gasteiger partial charge >= 0.3 is 0 Å². The molecule has 0 aliphatic rings. The number of aryl methyl sites for hydroxylation is 1. The minimum atomic E-state index is -0.381. The van der Waals surface area contributed by atoms with Gasteiger partial charge in [0.15, 0.2) is 16.3 Å². The summed E-state index contributed by atoms with van der Waals surface area (Å²) in [6, 6.07) is 13.3. The molecule has 0 aliphatic carbocycles. The second kappa shape index (κ2) is 9.05. The van der Waals surface area contributed by atoms with Crippen molar-refractivity contribution in [3.63, 3.8) is 0 Å². The van der Waals surface area contributed by atoms with Crippen LogP contribution in [0, 0.1) is 12.7 Å². The van der Waals surface area contributed by atoms with Crippen LogP contribution in [0.1, 0.15) is 11.1 Å². The van der Waals surface area contributed by atoms with Crippen LogP contribution in [0.5, 0.6) is 0 Å². The number of anilines is 1. The number of nitrogens with zero attached hydrogens (tertiary/aromatic N) is 4. The van der Waals surface area contributed by atoms with Crippen molar-refractivity contribution in [3.05, 3.63) is 88.2 Å². The molecule has 0 bridgehead atoms. The molecule has 0 atom stereocenters. The number of benzene rings is 2. The average molecular weight is 435 g/mol. The second-order valence-electron chi connectivity index (χ2n) is 6.84. The van der Waals surface area contributed by atoms with Crippen molar-refractivity contribution in [1.82, 2.24) is 19.5 Å². The van der Waals surface area contributed by atoms with Gasteiger partial charge in [0.05, 0.1) is 12.3 Å². The zero-order valence-corrected chi connectivity index (χ0v) is 17.4. The standard InChI is InChI=1S/C22H18FN5O2S/c1-14-2-4-15(5-3-14)12-28-21(30)19-20(25-11-10-24-19)27-22(28)31-13-18(29)26-17-8-6-16(23)7-9-17/h2-11H,12-13H2,1H3,(H,26,29). The number of nitrogens with one attached hydrogen (secondary N) is 1. The van der Waals surface area contributed by atoms with Gasteiger partial charge in [0, 0.05) is 18.1 Å². The third-order valence-electron chi connectivity index (χ3n) is 4.48. The van der Waals surface area contributed by atoms with Crippen LogP contribution >= 0.6 is 11.8 Å². The van der Waals surface area contributed by atoms with E-state index < -0.39 is 0 Å². The van der Waals surface area contributed by atoms with E-state index in [1.54, 1.807) is 0 Å². The van der Waals surface area contributed by atoms with E-state index in [1.807, 2.05) is 31.2 Å². The Morgan fingerprint density at radius 3 is 2.52 bits per heavy atom. The maximum atomic E-state index is 13.1. The van der Waals surface area contributed by atoms with E-state index in [-0.39, 0.29) is 34.2 Å². The Morgan fingerprint density at radius 1 is 1.06 bits per heavy atom. The molecular weight excluding hydrogens is 417 g/mol. The Morgan fingerprint density at radius 2 is 1.77 bits per heavy atom. The van der Waals surface area contributed by atoms with Crippen LogP contribution < -0.4 is 10.9 Å². The molecule has 0 spiro atoms. The van der Waals surface area contributed by atoms with Crippen LogP contribution in [0.2, 0.25) is 0 Å². The normalized spacial score (nSPS) is 10.9. The van der Waals surface area contributed by atoms with Gasteiger partial charge in [-0.25, -0.2) is 19.3 Å². The largest absolute Gasteiger partial charge is 0.325 e. The number of thioether (sulfide) groups is 1. The zero-order chi connectivity index (χ0) is 21.8. The predicted octanol–water partition coefficient (Wildman–Crippen LogP) is 3.41. The maximum absolute atomic E-state index is 13.1. The Hall–Kier alpha value is -3.59. The molecule has 0 saturated heterocycles. The summed E-state index contributed by atoms with van der Waals surface area (Å²) in [5.74, 6) is -0.662. The van der Waals surface area contributed by atoms with E-state index in [0.29, 0.717) is 17.4 Å². The summed E-state index contributed by atoms with van der Waals surface area (Å²) in [5, 5.41) is 3.07. The molecular formula is C22H18FN5O2S. The molecule has 0 saturated carbocycles. The van der Waals surface area contributed by atoms with Gasteiger partial charge in [-0.2, -0.15) is 0 Å². The topological polar surface area (TPSA) is 89.8 Å². The van der Waals surface area contributed by atoms with Gasteiger partial charge in [-0.1, -0.05) is 41.6 Å². The molecule has 1 amide bonds. The first-order valence-corrected chi connectivity index (χ1v) is 10.4. The van der Waals surface area contributed by atoms with Crippen molar-refractivity contribution in [2.75, 3.05) is 11.1 Å². The van der Waals surface area contributed by atoms with Gasteiger partial charge < -0.3 is 5.32 Å². The lowest BCUT2D eigenvalue weighted by Gasteiger charge is -2.13. The molecule has 4 aromatic rings. The van der Waals surface area contributed by atoms with Gasteiger partial charge in [0.1, 0.15) is 5.82 Å². The molecule has 9 heteroatoms. The van der Waals surface area contributed by atoms with E-state index in [4.69, 9.17) is 0 Å². The first-order valence-electron chi connectivity index (χ1n) is 9.45. The average Bonchev–Trinajstić information content (AvgIpc) is 2.77. The first-order chi connectivity index (χ1) is 15.0. The Kier molecular flexibility index (Phi) is 6.03. The number of carbonyl (C=O) groups is 1. The molecule has 156 valence electrons. The molecule has 1 N–H and O–H groups in total. The third kappa shape index (κ3) is 4.95. The Balaban J connectivity index is 1.60. The predicted molar refractivity (Wildman–Crippen MR) is 118 cm³/mol. The number of rotatable bonds is 6. The fourth-order valence-corrected chi connectivity index (χ4v) is 3.70. The van der Waals surface area contributed by atoms with E-state index >= 15 is 0 Å². The number of carbonyl (C=O) groups excluding carboxylic acids is 1. The van der Waals surface area contributed by atoms with Crippen molar-refractivity contribution >= 4 is 34.5 Å². The van der Waals surface area contributed by atoms with E-state index in [0.717, 1.165) is 22.9 Å². The van der Waals surface area contributed by atoms with Crippen molar-refractivity contribution in [2.24, 2.45) is 0 Å². The lowest BCUT2D eigenvalue weighted by Crippen LogP contribution is -2.25. The highest BCUT2D eigenvalue weighted by atomic mass is 32.2. The number of amides is 1. The fraction of sp³-hybridized carbons (Fsp3) is 0.136. The van der Waals surface area contributed by atoms with Gasteiger partial charge in [0.2, 0.25) is 5.91 Å². The molecule has 2 aromatic carbocycles. The summed E-state index contributed by atoms with van der Waals surface area (Å²) in [6.45, 7) is 2.28. The SMILES string of the molecule is Cc1ccc(Cn2c(SCC(=O)Nc3ccc(F)cc3)nc3nccnc3c2=O)cc1. The minimum absolute atomic E-state index is 0.0173. The fourth-order valence-electron chi connectivity index (χ4n) is 2.92. The lowest BCUT2D eigenvalue weighted by atomic mass is 10.1. The summed E-state index contributed by atoms with van der Waals surface area (Å²) in [7, 11) is 0. The molecule has 0 aliphatic heterocycles. The van der Waals surface area contributed by atoms with E-state index in [2.05, 4.69) is 20.3 Å². The molecule has 0 fully saturated rings. The van der Waals surface area contributed by atoms with Crippen LogP contribution in [-0.2, 0) is 11.3 Å².